The molecule has 27 heavy (non-hydrogen) atoms. The van der Waals surface area contributed by atoms with Crippen LogP contribution in [0.1, 0.15) is 16.8 Å². The number of benzene rings is 2. The zero-order chi connectivity index (χ0) is 19.5. The van der Waals surface area contributed by atoms with Gasteiger partial charge in [-0.05, 0) is 42.7 Å². The van der Waals surface area contributed by atoms with Gasteiger partial charge in [0.05, 0.1) is 10.6 Å². The molecule has 0 bridgehead atoms. The minimum Gasteiger partial charge on any atom is -0.490 e. The number of carbonyl (C=O) groups excluding carboxylic acids is 2. The molecule has 0 heterocycles. The third-order valence-electron chi connectivity index (χ3n) is 3.66. The van der Waals surface area contributed by atoms with E-state index in [1.54, 1.807) is 36.0 Å². The van der Waals surface area contributed by atoms with Gasteiger partial charge in [0, 0.05) is 0 Å². The molecular formula is C20H22ClNO4S. The van der Waals surface area contributed by atoms with Crippen molar-refractivity contribution in [3.63, 3.8) is 0 Å². The van der Waals surface area contributed by atoms with Crippen LogP contribution in [-0.2, 0) is 9.53 Å². The van der Waals surface area contributed by atoms with Gasteiger partial charge in [-0.25, -0.2) is 4.79 Å². The minimum atomic E-state index is -0.738. The van der Waals surface area contributed by atoms with Crippen molar-refractivity contribution >= 4 is 35.2 Å². The molecule has 7 heteroatoms. The lowest BCUT2D eigenvalue weighted by Crippen LogP contribution is -2.42. The van der Waals surface area contributed by atoms with Gasteiger partial charge in [0.15, 0.2) is 0 Å². The molecule has 0 aliphatic heterocycles. The second-order valence-electron chi connectivity index (χ2n) is 5.62. The summed E-state index contributed by atoms with van der Waals surface area (Å²) in [6.07, 6.45) is 2.40. The highest BCUT2D eigenvalue weighted by atomic mass is 35.5. The van der Waals surface area contributed by atoms with Crippen LogP contribution in [0.15, 0.2) is 54.6 Å². The topological polar surface area (TPSA) is 64.6 Å². The number of hydrogen-bond acceptors (Lipinski definition) is 5. The van der Waals surface area contributed by atoms with Crippen LogP contribution < -0.4 is 10.1 Å². The first-order valence-electron chi connectivity index (χ1n) is 8.50. The number of nitrogens with one attached hydrogen (secondary N) is 1. The molecule has 1 unspecified atom stereocenters. The Hall–Kier alpha value is -2.18. The van der Waals surface area contributed by atoms with E-state index in [1.165, 1.54) is 0 Å². The fourth-order valence-corrected chi connectivity index (χ4v) is 2.98. The minimum absolute atomic E-state index is 0.103. The smallest absolute Gasteiger partial charge is 0.328 e. The van der Waals surface area contributed by atoms with Crippen molar-refractivity contribution in [2.45, 2.75) is 12.5 Å². The van der Waals surface area contributed by atoms with E-state index in [-0.39, 0.29) is 13.2 Å². The number of para-hydroxylation sites is 1. The Kier molecular flexibility index (Phi) is 9.01. The summed E-state index contributed by atoms with van der Waals surface area (Å²) in [5, 5.41) is 3.05. The fourth-order valence-electron chi connectivity index (χ4n) is 2.29. The number of carbonyl (C=O) groups is 2. The van der Waals surface area contributed by atoms with Crippen molar-refractivity contribution < 1.29 is 19.1 Å². The van der Waals surface area contributed by atoms with E-state index in [1.807, 2.05) is 36.6 Å². The van der Waals surface area contributed by atoms with Gasteiger partial charge in [-0.15, -0.1) is 0 Å². The first-order chi connectivity index (χ1) is 13.1. The summed E-state index contributed by atoms with van der Waals surface area (Å²) in [6, 6.07) is 15.2. The van der Waals surface area contributed by atoms with Crippen LogP contribution >= 0.6 is 23.4 Å². The molecule has 2 rings (SSSR count). The molecule has 0 aliphatic carbocycles. The maximum atomic E-state index is 12.4. The summed E-state index contributed by atoms with van der Waals surface area (Å²) in [6.45, 7) is 0.342. The lowest BCUT2D eigenvalue weighted by molar-refractivity contribution is -0.146. The predicted octanol–water partition coefficient (Wildman–Crippen LogP) is 3.81. The molecule has 1 amide bonds. The second-order valence-corrected chi connectivity index (χ2v) is 7.01. The molecule has 5 nitrogen and oxygen atoms in total. The number of rotatable bonds is 10. The lowest BCUT2D eigenvalue weighted by Gasteiger charge is -2.18. The lowest BCUT2D eigenvalue weighted by atomic mass is 10.1. The highest BCUT2D eigenvalue weighted by Crippen LogP contribution is 2.15. The largest absolute Gasteiger partial charge is 0.490 e. The van der Waals surface area contributed by atoms with Crippen molar-refractivity contribution in [2.24, 2.45) is 0 Å². The van der Waals surface area contributed by atoms with Crippen molar-refractivity contribution in [1.29, 1.82) is 0 Å². The molecule has 0 saturated heterocycles. The SMILES string of the molecule is CSCCC(NC(=O)c1ccccc1Cl)C(=O)OCCOc1ccccc1. The Morgan fingerprint density at radius 1 is 1.07 bits per heavy atom. The van der Waals surface area contributed by atoms with Gasteiger partial charge in [0.2, 0.25) is 0 Å². The van der Waals surface area contributed by atoms with E-state index in [0.29, 0.717) is 28.5 Å². The first kappa shape index (κ1) is 21.1. The predicted molar refractivity (Wildman–Crippen MR) is 109 cm³/mol. The fraction of sp³-hybridized carbons (Fsp3) is 0.300. The summed E-state index contributed by atoms with van der Waals surface area (Å²) < 4.78 is 10.8. The quantitative estimate of drug-likeness (QED) is 0.479. The van der Waals surface area contributed by atoms with Gasteiger partial charge in [0.1, 0.15) is 25.0 Å². The van der Waals surface area contributed by atoms with E-state index in [9.17, 15) is 9.59 Å². The number of esters is 1. The van der Waals surface area contributed by atoms with Crippen molar-refractivity contribution in [3.05, 3.63) is 65.2 Å². The highest BCUT2D eigenvalue weighted by Gasteiger charge is 2.23. The van der Waals surface area contributed by atoms with E-state index < -0.39 is 17.9 Å². The molecule has 2 aromatic carbocycles. The summed E-state index contributed by atoms with van der Waals surface area (Å²) in [5.74, 6) is 0.535. The molecule has 1 N–H and O–H groups in total. The summed E-state index contributed by atoms with van der Waals surface area (Å²) in [7, 11) is 0. The van der Waals surface area contributed by atoms with Crippen molar-refractivity contribution in [1.82, 2.24) is 5.32 Å². The monoisotopic (exact) mass is 407 g/mol. The maximum absolute atomic E-state index is 12.4. The van der Waals surface area contributed by atoms with E-state index in [2.05, 4.69) is 5.32 Å². The molecule has 144 valence electrons. The highest BCUT2D eigenvalue weighted by molar-refractivity contribution is 7.98. The van der Waals surface area contributed by atoms with E-state index >= 15 is 0 Å². The van der Waals surface area contributed by atoms with Gasteiger partial charge in [0.25, 0.3) is 5.91 Å². The average Bonchev–Trinajstić information content (AvgIpc) is 2.69. The molecule has 0 aromatic heterocycles. The normalized spacial score (nSPS) is 11.5. The Labute approximate surface area is 168 Å². The number of amides is 1. The molecule has 0 spiro atoms. The number of ether oxygens (including phenoxy) is 2. The summed E-state index contributed by atoms with van der Waals surface area (Å²) in [5.41, 5.74) is 0.327. The third-order valence-corrected chi connectivity index (χ3v) is 4.63. The average molecular weight is 408 g/mol. The Morgan fingerprint density at radius 2 is 1.78 bits per heavy atom. The molecule has 1 atom stereocenters. The Bertz CT molecular complexity index is 742. The van der Waals surface area contributed by atoms with E-state index in [4.69, 9.17) is 21.1 Å². The summed E-state index contributed by atoms with van der Waals surface area (Å²) in [4.78, 5) is 24.8. The van der Waals surface area contributed by atoms with Gasteiger partial charge in [-0.2, -0.15) is 11.8 Å². The van der Waals surface area contributed by atoms with Crippen LogP contribution in [0.3, 0.4) is 0 Å². The van der Waals surface area contributed by atoms with Crippen LogP contribution in [0.4, 0.5) is 0 Å². The van der Waals surface area contributed by atoms with Crippen LogP contribution in [0.25, 0.3) is 0 Å². The second kappa shape index (κ2) is 11.5. The molecule has 0 saturated carbocycles. The van der Waals surface area contributed by atoms with E-state index in [0.717, 1.165) is 0 Å². The van der Waals surface area contributed by atoms with Crippen LogP contribution in [0.2, 0.25) is 5.02 Å². The van der Waals surface area contributed by atoms with Gasteiger partial charge >= 0.3 is 5.97 Å². The summed E-state index contributed by atoms with van der Waals surface area (Å²) >= 11 is 7.64. The van der Waals surface area contributed by atoms with Gasteiger partial charge < -0.3 is 14.8 Å². The molecular weight excluding hydrogens is 386 g/mol. The number of hydrogen-bond donors (Lipinski definition) is 1. The molecule has 0 fully saturated rings. The Balaban J connectivity index is 1.87. The standard InChI is InChI=1S/C20H22ClNO4S/c1-27-14-11-18(22-19(23)16-9-5-6-10-17(16)21)20(24)26-13-12-25-15-7-3-2-4-8-15/h2-10,18H,11-14H2,1H3,(H,22,23). The molecule has 0 radical (unpaired) electrons. The third kappa shape index (κ3) is 7.15. The maximum Gasteiger partial charge on any atom is 0.328 e. The zero-order valence-corrected chi connectivity index (χ0v) is 16.6. The van der Waals surface area contributed by atoms with Crippen molar-refractivity contribution in [3.8, 4) is 5.75 Å². The van der Waals surface area contributed by atoms with Crippen LogP contribution in [-0.4, -0.2) is 43.1 Å². The van der Waals surface area contributed by atoms with Crippen molar-refractivity contribution in [2.75, 3.05) is 25.2 Å². The van der Waals surface area contributed by atoms with Crippen LogP contribution in [0.5, 0.6) is 5.75 Å². The number of halogens is 1. The molecule has 0 aliphatic rings. The zero-order valence-electron chi connectivity index (χ0n) is 15.0. The van der Waals surface area contributed by atoms with Crippen LogP contribution in [0, 0.1) is 0 Å². The first-order valence-corrected chi connectivity index (χ1v) is 10.3. The van der Waals surface area contributed by atoms with Gasteiger partial charge in [-0.1, -0.05) is 41.9 Å². The Morgan fingerprint density at radius 3 is 2.48 bits per heavy atom. The van der Waals surface area contributed by atoms with Gasteiger partial charge in [-0.3, -0.25) is 4.79 Å². The molecule has 2 aromatic rings. The number of thioether (sulfide) groups is 1.